The molecule has 2 N–H and O–H groups in total. The molecular weight excluding hydrogens is 355 g/mol. The lowest BCUT2D eigenvalue weighted by molar-refractivity contribution is -0.137. The summed E-state index contributed by atoms with van der Waals surface area (Å²) in [6, 6.07) is 3.90. The molecule has 0 spiro atoms. The molecule has 1 saturated carbocycles. The number of anilines is 3. The second kappa shape index (κ2) is 7.43. The molecule has 2 aromatic rings. The van der Waals surface area contributed by atoms with Crippen molar-refractivity contribution in [3.05, 3.63) is 35.0 Å². The van der Waals surface area contributed by atoms with Crippen molar-refractivity contribution in [3.63, 3.8) is 0 Å². The van der Waals surface area contributed by atoms with Gasteiger partial charge in [-0.1, -0.05) is 30.9 Å². The Hall–Kier alpha value is -2.09. The van der Waals surface area contributed by atoms with Gasteiger partial charge in [-0.25, -0.2) is 0 Å². The molecule has 0 bridgehead atoms. The van der Waals surface area contributed by atoms with E-state index in [1.165, 1.54) is 24.8 Å². The van der Waals surface area contributed by atoms with Gasteiger partial charge < -0.3 is 10.6 Å². The number of hydrogen-bond acceptors (Lipinski definition) is 5. The minimum atomic E-state index is -4.52. The molecule has 1 heterocycles. The summed E-state index contributed by atoms with van der Waals surface area (Å²) in [5.74, 6) is 0.672. The highest BCUT2D eigenvalue weighted by atomic mass is 35.5. The van der Waals surface area contributed by atoms with Gasteiger partial charge in [0.15, 0.2) is 5.82 Å². The average Bonchev–Trinajstić information content (AvgIpc) is 2.57. The third kappa shape index (κ3) is 4.72. The first kappa shape index (κ1) is 17.7. The molecule has 0 aliphatic heterocycles. The van der Waals surface area contributed by atoms with E-state index in [0.717, 1.165) is 31.7 Å². The van der Waals surface area contributed by atoms with E-state index in [-0.39, 0.29) is 10.7 Å². The van der Waals surface area contributed by atoms with E-state index in [4.69, 9.17) is 11.6 Å². The lowest BCUT2D eigenvalue weighted by Gasteiger charge is -2.22. The van der Waals surface area contributed by atoms with Crippen LogP contribution in [0.2, 0.25) is 5.02 Å². The average molecular weight is 372 g/mol. The van der Waals surface area contributed by atoms with E-state index in [1.807, 2.05) is 0 Å². The Morgan fingerprint density at radius 1 is 1.12 bits per heavy atom. The van der Waals surface area contributed by atoms with Crippen LogP contribution in [-0.2, 0) is 6.18 Å². The maximum absolute atomic E-state index is 12.9. The fourth-order valence-corrected chi connectivity index (χ4v) is 3.05. The Kier molecular flexibility index (Phi) is 5.27. The molecule has 0 saturated heterocycles. The van der Waals surface area contributed by atoms with Crippen LogP contribution in [0.1, 0.15) is 37.7 Å². The molecule has 1 aliphatic carbocycles. The van der Waals surface area contributed by atoms with Crippen molar-refractivity contribution in [2.45, 2.75) is 44.3 Å². The van der Waals surface area contributed by atoms with Crippen molar-refractivity contribution in [1.29, 1.82) is 0 Å². The van der Waals surface area contributed by atoms with Gasteiger partial charge in [0.05, 0.1) is 16.8 Å². The van der Waals surface area contributed by atoms with Gasteiger partial charge in [0, 0.05) is 11.7 Å². The summed E-state index contributed by atoms with van der Waals surface area (Å²) in [6.45, 7) is 0. The van der Waals surface area contributed by atoms with Crippen LogP contribution in [0.3, 0.4) is 0 Å². The van der Waals surface area contributed by atoms with Gasteiger partial charge in [-0.15, -0.1) is 5.10 Å². The largest absolute Gasteiger partial charge is 0.417 e. The van der Waals surface area contributed by atoms with E-state index in [9.17, 15) is 13.2 Å². The van der Waals surface area contributed by atoms with Crippen molar-refractivity contribution < 1.29 is 13.2 Å². The molecule has 3 rings (SSSR count). The fourth-order valence-electron chi connectivity index (χ4n) is 2.82. The molecule has 0 amide bonds. The van der Waals surface area contributed by atoms with Crippen molar-refractivity contribution in [2.24, 2.45) is 0 Å². The number of nitrogens with one attached hydrogen (secondary N) is 2. The Balaban J connectivity index is 1.74. The van der Waals surface area contributed by atoms with Crippen LogP contribution in [0.25, 0.3) is 0 Å². The molecule has 1 aromatic heterocycles. The van der Waals surface area contributed by atoms with E-state index < -0.39 is 11.7 Å². The normalized spacial score (nSPS) is 15.8. The molecule has 25 heavy (non-hydrogen) atoms. The van der Waals surface area contributed by atoms with Gasteiger partial charge in [0.25, 0.3) is 0 Å². The maximum atomic E-state index is 12.9. The Bertz CT molecular complexity index is 732. The lowest BCUT2D eigenvalue weighted by Crippen LogP contribution is -2.23. The van der Waals surface area contributed by atoms with Gasteiger partial charge >= 0.3 is 6.18 Å². The van der Waals surface area contributed by atoms with Gasteiger partial charge in [-0.05, 0) is 31.0 Å². The van der Waals surface area contributed by atoms with Crippen LogP contribution in [0.15, 0.2) is 24.4 Å². The van der Waals surface area contributed by atoms with Gasteiger partial charge in [0.2, 0.25) is 5.95 Å². The zero-order chi connectivity index (χ0) is 17.9. The molecule has 0 atom stereocenters. The first-order chi connectivity index (χ1) is 11.9. The van der Waals surface area contributed by atoms with Crippen LogP contribution >= 0.6 is 11.6 Å². The molecule has 0 radical (unpaired) electrons. The second-order valence-corrected chi connectivity index (χ2v) is 6.37. The van der Waals surface area contributed by atoms with Crippen LogP contribution in [-0.4, -0.2) is 21.2 Å². The molecule has 0 unspecified atom stereocenters. The summed E-state index contributed by atoms with van der Waals surface area (Å²) in [5, 5.41) is 13.5. The fraction of sp³-hybridized carbons (Fsp3) is 0.438. The predicted octanol–water partition coefficient (Wildman–Crippen LogP) is 5.03. The van der Waals surface area contributed by atoms with Crippen LogP contribution in [0, 0.1) is 0 Å². The Morgan fingerprint density at radius 3 is 2.60 bits per heavy atom. The summed E-state index contributed by atoms with van der Waals surface area (Å²) < 4.78 is 38.8. The number of halogens is 4. The number of alkyl halides is 3. The monoisotopic (exact) mass is 371 g/mol. The van der Waals surface area contributed by atoms with Gasteiger partial charge in [-0.2, -0.15) is 23.3 Å². The highest BCUT2D eigenvalue weighted by Crippen LogP contribution is 2.36. The first-order valence-corrected chi connectivity index (χ1v) is 8.39. The molecule has 9 heteroatoms. The summed E-state index contributed by atoms with van der Waals surface area (Å²) in [4.78, 5) is 4.27. The number of nitrogens with zero attached hydrogens (tertiary/aromatic N) is 3. The summed E-state index contributed by atoms with van der Waals surface area (Å²) in [7, 11) is 0. The molecule has 134 valence electrons. The summed E-state index contributed by atoms with van der Waals surface area (Å²) in [6.07, 6.45) is 2.49. The Morgan fingerprint density at radius 2 is 1.88 bits per heavy atom. The first-order valence-electron chi connectivity index (χ1n) is 8.02. The molecule has 1 aliphatic rings. The van der Waals surface area contributed by atoms with E-state index in [1.54, 1.807) is 0 Å². The summed E-state index contributed by atoms with van der Waals surface area (Å²) in [5.41, 5.74) is -0.678. The standard InChI is InChI=1S/C16H17ClF3N5/c17-13-7-6-11(8-12(13)16(18,19)20)22-14-9-21-25-15(24-14)23-10-4-2-1-3-5-10/h6-10H,1-5H2,(H2,22,23,24,25). The number of benzene rings is 1. The Labute approximate surface area is 148 Å². The third-order valence-electron chi connectivity index (χ3n) is 4.04. The minimum absolute atomic E-state index is 0.223. The quantitative estimate of drug-likeness (QED) is 0.789. The second-order valence-electron chi connectivity index (χ2n) is 5.96. The zero-order valence-corrected chi connectivity index (χ0v) is 14.0. The van der Waals surface area contributed by atoms with E-state index >= 15 is 0 Å². The molecule has 1 fully saturated rings. The highest BCUT2D eigenvalue weighted by molar-refractivity contribution is 6.31. The lowest BCUT2D eigenvalue weighted by atomic mass is 9.96. The minimum Gasteiger partial charge on any atom is -0.350 e. The summed E-state index contributed by atoms with van der Waals surface area (Å²) >= 11 is 5.62. The van der Waals surface area contributed by atoms with Crippen molar-refractivity contribution in [1.82, 2.24) is 15.2 Å². The van der Waals surface area contributed by atoms with E-state index in [2.05, 4.69) is 25.8 Å². The van der Waals surface area contributed by atoms with Crippen LogP contribution in [0.5, 0.6) is 0 Å². The number of aromatic nitrogens is 3. The smallest absolute Gasteiger partial charge is 0.350 e. The van der Waals surface area contributed by atoms with Crippen molar-refractivity contribution in [2.75, 3.05) is 10.6 Å². The number of hydrogen-bond donors (Lipinski definition) is 2. The molecule has 5 nitrogen and oxygen atoms in total. The number of rotatable bonds is 4. The molecule has 1 aromatic carbocycles. The van der Waals surface area contributed by atoms with E-state index in [0.29, 0.717) is 17.8 Å². The maximum Gasteiger partial charge on any atom is 0.417 e. The predicted molar refractivity (Wildman–Crippen MR) is 90.1 cm³/mol. The highest BCUT2D eigenvalue weighted by Gasteiger charge is 2.33. The van der Waals surface area contributed by atoms with Gasteiger partial charge in [-0.3, -0.25) is 0 Å². The third-order valence-corrected chi connectivity index (χ3v) is 4.37. The SMILES string of the molecule is FC(F)(F)c1cc(Nc2cnnc(NC3CCCCC3)n2)ccc1Cl. The van der Waals surface area contributed by atoms with Crippen molar-refractivity contribution in [3.8, 4) is 0 Å². The van der Waals surface area contributed by atoms with Crippen molar-refractivity contribution >= 4 is 29.1 Å². The topological polar surface area (TPSA) is 62.7 Å². The van der Waals surface area contributed by atoms with Crippen LogP contribution < -0.4 is 10.6 Å². The zero-order valence-electron chi connectivity index (χ0n) is 13.3. The molecular formula is C16H17ClF3N5. The van der Waals surface area contributed by atoms with Gasteiger partial charge in [0.1, 0.15) is 0 Å². The van der Waals surface area contributed by atoms with Crippen LogP contribution in [0.4, 0.5) is 30.6 Å².